The van der Waals surface area contributed by atoms with Crippen molar-refractivity contribution in [3.8, 4) is 17.2 Å². The summed E-state index contributed by atoms with van der Waals surface area (Å²) in [6.07, 6.45) is 0.801. The summed E-state index contributed by atoms with van der Waals surface area (Å²) in [5.74, 6) is 1.14. The molecule has 7 heteroatoms. The van der Waals surface area contributed by atoms with Crippen LogP contribution in [-0.4, -0.2) is 43.6 Å². The molecular weight excluding hydrogens is 351 g/mol. The number of hydrogen-bond donors (Lipinski definition) is 2. The second-order valence-corrected chi connectivity index (χ2v) is 5.86. The van der Waals surface area contributed by atoms with Crippen molar-refractivity contribution >= 4 is 16.6 Å². The van der Waals surface area contributed by atoms with E-state index < -0.39 is 6.10 Å². The van der Waals surface area contributed by atoms with E-state index in [9.17, 15) is 9.50 Å². The van der Waals surface area contributed by atoms with E-state index in [4.69, 9.17) is 14.2 Å². The van der Waals surface area contributed by atoms with Gasteiger partial charge in [0.15, 0.2) is 11.5 Å². The standard InChI is InChI=1S/C20H21FN2O4/c1-25-18-4-3-5-19(26-2)20(18)27-12-14(24)11-23-16-8-9-22-17-10-13(21)6-7-15(16)17/h3-10,14,24H,11-12H2,1-2H3,(H,22,23). The number of hydrogen-bond acceptors (Lipinski definition) is 6. The molecule has 3 aromatic rings. The van der Waals surface area contributed by atoms with Gasteiger partial charge in [0.2, 0.25) is 5.75 Å². The van der Waals surface area contributed by atoms with Crippen molar-refractivity contribution in [1.82, 2.24) is 4.98 Å². The maximum absolute atomic E-state index is 13.3. The predicted octanol–water partition coefficient (Wildman–Crippen LogP) is 3.24. The molecule has 0 aliphatic rings. The highest BCUT2D eigenvalue weighted by Crippen LogP contribution is 2.36. The van der Waals surface area contributed by atoms with Gasteiger partial charge in [0, 0.05) is 29.9 Å². The van der Waals surface area contributed by atoms with Gasteiger partial charge >= 0.3 is 0 Å². The van der Waals surface area contributed by atoms with Gasteiger partial charge in [0.05, 0.1) is 19.7 Å². The van der Waals surface area contributed by atoms with Crippen LogP contribution in [0.25, 0.3) is 10.9 Å². The number of methoxy groups -OCH3 is 2. The Labute approximate surface area is 156 Å². The van der Waals surface area contributed by atoms with Crippen LogP contribution in [0, 0.1) is 5.82 Å². The minimum absolute atomic E-state index is 0.0430. The minimum Gasteiger partial charge on any atom is -0.493 e. The first-order chi connectivity index (χ1) is 13.1. The average molecular weight is 372 g/mol. The van der Waals surface area contributed by atoms with Crippen LogP contribution >= 0.6 is 0 Å². The molecule has 0 fully saturated rings. The van der Waals surface area contributed by atoms with Gasteiger partial charge in [0.25, 0.3) is 0 Å². The molecule has 0 spiro atoms. The van der Waals surface area contributed by atoms with Crippen LogP contribution in [0.5, 0.6) is 17.2 Å². The number of pyridine rings is 1. The third-order valence-electron chi connectivity index (χ3n) is 4.04. The number of aliphatic hydroxyl groups excluding tert-OH is 1. The van der Waals surface area contributed by atoms with Crippen LogP contribution < -0.4 is 19.5 Å². The van der Waals surface area contributed by atoms with Crippen LogP contribution in [0.3, 0.4) is 0 Å². The quantitative estimate of drug-likeness (QED) is 0.632. The van der Waals surface area contributed by atoms with Gasteiger partial charge in [0.1, 0.15) is 18.5 Å². The summed E-state index contributed by atoms with van der Waals surface area (Å²) in [5, 5.41) is 14.2. The minimum atomic E-state index is -0.789. The topological polar surface area (TPSA) is 72.8 Å². The molecule has 1 heterocycles. The van der Waals surface area contributed by atoms with E-state index in [-0.39, 0.29) is 19.0 Å². The number of benzene rings is 2. The molecule has 2 N–H and O–H groups in total. The van der Waals surface area contributed by atoms with E-state index in [0.717, 1.165) is 11.1 Å². The molecule has 0 aliphatic heterocycles. The number of nitrogens with zero attached hydrogens (tertiary/aromatic N) is 1. The fourth-order valence-electron chi connectivity index (χ4n) is 2.70. The predicted molar refractivity (Wildman–Crippen MR) is 101 cm³/mol. The van der Waals surface area contributed by atoms with Gasteiger partial charge in [-0.05, 0) is 30.3 Å². The Morgan fingerprint density at radius 2 is 1.85 bits per heavy atom. The Morgan fingerprint density at radius 1 is 1.11 bits per heavy atom. The Morgan fingerprint density at radius 3 is 2.56 bits per heavy atom. The van der Waals surface area contributed by atoms with Crippen molar-refractivity contribution in [2.24, 2.45) is 0 Å². The van der Waals surface area contributed by atoms with Crippen LogP contribution in [0.4, 0.5) is 10.1 Å². The highest BCUT2D eigenvalue weighted by molar-refractivity contribution is 5.90. The molecule has 27 heavy (non-hydrogen) atoms. The van der Waals surface area contributed by atoms with E-state index >= 15 is 0 Å². The average Bonchev–Trinajstić information content (AvgIpc) is 2.69. The maximum Gasteiger partial charge on any atom is 0.203 e. The van der Waals surface area contributed by atoms with Gasteiger partial charge in [-0.2, -0.15) is 0 Å². The highest BCUT2D eigenvalue weighted by Gasteiger charge is 2.14. The fraction of sp³-hybridized carbons (Fsp3) is 0.250. The molecule has 1 atom stereocenters. The molecule has 2 aromatic carbocycles. The summed E-state index contributed by atoms with van der Waals surface area (Å²) in [6.45, 7) is 0.287. The monoisotopic (exact) mass is 372 g/mol. The SMILES string of the molecule is COc1cccc(OC)c1OCC(O)CNc1ccnc2cc(F)ccc12. The number of ether oxygens (including phenoxy) is 3. The van der Waals surface area contributed by atoms with Crippen LogP contribution in [0.1, 0.15) is 0 Å². The summed E-state index contributed by atoms with van der Waals surface area (Å²) in [4.78, 5) is 4.15. The molecule has 142 valence electrons. The van der Waals surface area contributed by atoms with Crippen molar-refractivity contribution in [1.29, 1.82) is 0 Å². The molecular formula is C20H21FN2O4. The van der Waals surface area contributed by atoms with E-state index in [1.54, 1.807) is 36.5 Å². The van der Waals surface area contributed by atoms with Crippen LogP contribution in [0.2, 0.25) is 0 Å². The lowest BCUT2D eigenvalue weighted by Crippen LogP contribution is -2.26. The first kappa shape index (κ1) is 18.7. The number of aromatic nitrogens is 1. The van der Waals surface area contributed by atoms with E-state index in [1.165, 1.54) is 26.4 Å². The number of para-hydroxylation sites is 1. The zero-order valence-electron chi connectivity index (χ0n) is 15.1. The van der Waals surface area contributed by atoms with Gasteiger partial charge in [-0.25, -0.2) is 4.39 Å². The van der Waals surface area contributed by atoms with Crippen molar-refractivity contribution in [2.75, 3.05) is 32.7 Å². The first-order valence-electron chi connectivity index (χ1n) is 8.42. The largest absolute Gasteiger partial charge is 0.493 e. The number of halogens is 1. The normalized spacial score (nSPS) is 11.9. The number of aliphatic hydroxyl groups is 1. The highest BCUT2D eigenvalue weighted by atomic mass is 19.1. The van der Waals surface area contributed by atoms with Crippen molar-refractivity contribution in [3.05, 3.63) is 54.5 Å². The van der Waals surface area contributed by atoms with E-state index in [1.807, 2.05) is 0 Å². The smallest absolute Gasteiger partial charge is 0.203 e. The lowest BCUT2D eigenvalue weighted by Gasteiger charge is -2.18. The molecule has 3 rings (SSSR count). The summed E-state index contributed by atoms with van der Waals surface area (Å²) in [5.41, 5.74) is 1.30. The molecule has 0 saturated carbocycles. The molecule has 0 saturated heterocycles. The summed E-state index contributed by atoms with van der Waals surface area (Å²) in [6, 6.07) is 11.5. The van der Waals surface area contributed by atoms with Gasteiger partial charge < -0.3 is 24.6 Å². The second kappa shape index (κ2) is 8.55. The Hall–Kier alpha value is -3.06. The molecule has 1 aromatic heterocycles. The molecule has 6 nitrogen and oxygen atoms in total. The van der Waals surface area contributed by atoms with Crippen molar-refractivity contribution in [2.45, 2.75) is 6.10 Å². The van der Waals surface area contributed by atoms with Gasteiger partial charge in [-0.3, -0.25) is 4.98 Å². The second-order valence-electron chi connectivity index (χ2n) is 5.86. The van der Waals surface area contributed by atoms with Crippen molar-refractivity contribution in [3.63, 3.8) is 0 Å². The van der Waals surface area contributed by atoms with E-state index in [2.05, 4.69) is 10.3 Å². The number of rotatable bonds is 8. The third kappa shape index (κ3) is 4.38. The number of nitrogens with one attached hydrogen (secondary N) is 1. The molecule has 0 radical (unpaired) electrons. The lowest BCUT2D eigenvalue weighted by atomic mass is 10.2. The lowest BCUT2D eigenvalue weighted by molar-refractivity contribution is 0.113. The van der Waals surface area contributed by atoms with Crippen LogP contribution in [0.15, 0.2) is 48.7 Å². The molecule has 0 bridgehead atoms. The zero-order chi connectivity index (χ0) is 19.2. The zero-order valence-corrected chi connectivity index (χ0v) is 15.1. The van der Waals surface area contributed by atoms with E-state index in [0.29, 0.717) is 22.8 Å². The Kier molecular flexibility index (Phi) is 5.93. The van der Waals surface area contributed by atoms with Gasteiger partial charge in [-0.1, -0.05) is 6.07 Å². The number of anilines is 1. The van der Waals surface area contributed by atoms with Crippen molar-refractivity contribution < 1.29 is 23.7 Å². The fourth-order valence-corrected chi connectivity index (χ4v) is 2.70. The molecule has 1 unspecified atom stereocenters. The molecule has 0 amide bonds. The van der Waals surface area contributed by atoms with Gasteiger partial charge in [-0.15, -0.1) is 0 Å². The Balaban J connectivity index is 1.64. The Bertz CT molecular complexity index is 897. The maximum atomic E-state index is 13.3. The summed E-state index contributed by atoms with van der Waals surface area (Å²) in [7, 11) is 3.08. The third-order valence-corrected chi connectivity index (χ3v) is 4.04. The first-order valence-corrected chi connectivity index (χ1v) is 8.42. The van der Waals surface area contributed by atoms with Crippen LogP contribution in [-0.2, 0) is 0 Å². The summed E-state index contributed by atoms with van der Waals surface area (Å²) >= 11 is 0. The summed E-state index contributed by atoms with van der Waals surface area (Å²) < 4.78 is 29.6. The number of fused-ring (bicyclic) bond motifs is 1. The molecule has 0 aliphatic carbocycles.